The summed E-state index contributed by atoms with van der Waals surface area (Å²) < 4.78 is 15.6. The van der Waals surface area contributed by atoms with Crippen LogP contribution in [0.3, 0.4) is 0 Å². The molecule has 0 amide bonds. The summed E-state index contributed by atoms with van der Waals surface area (Å²) in [5, 5.41) is 0. The molecular formula is C6H14O2S. The molecule has 2 nitrogen and oxygen atoms in total. The van der Waals surface area contributed by atoms with E-state index in [0.29, 0.717) is 12.4 Å². The fraction of sp³-hybridized carbons (Fsp3) is 1.00. The summed E-state index contributed by atoms with van der Waals surface area (Å²) in [6.07, 6.45) is 1.87. The molecule has 0 rings (SSSR count). The lowest BCUT2D eigenvalue weighted by Gasteiger charge is -1.97. The van der Waals surface area contributed by atoms with Gasteiger partial charge >= 0.3 is 0 Å². The van der Waals surface area contributed by atoms with Crippen molar-refractivity contribution in [2.24, 2.45) is 0 Å². The van der Waals surface area contributed by atoms with Crippen molar-refractivity contribution in [3.05, 3.63) is 0 Å². The first-order chi connectivity index (χ1) is 4.31. The monoisotopic (exact) mass is 150 g/mol. The zero-order valence-corrected chi connectivity index (χ0v) is 6.87. The molecule has 0 radical (unpaired) electrons. The van der Waals surface area contributed by atoms with Crippen LogP contribution in [-0.4, -0.2) is 16.6 Å². The second-order valence-electron chi connectivity index (χ2n) is 1.83. The van der Waals surface area contributed by atoms with E-state index in [-0.39, 0.29) is 0 Å². The molecular weight excluding hydrogens is 136 g/mol. The van der Waals surface area contributed by atoms with E-state index in [1.165, 1.54) is 0 Å². The molecule has 0 aliphatic heterocycles. The van der Waals surface area contributed by atoms with Gasteiger partial charge in [0.25, 0.3) is 0 Å². The van der Waals surface area contributed by atoms with Crippen molar-refractivity contribution in [3.63, 3.8) is 0 Å². The lowest BCUT2D eigenvalue weighted by molar-refractivity contribution is 0.347. The quantitative estimate of drug-likeness (QED) is 0.593. The van der Waals surface area contributed by atoms with Crippen LogP contribution in [0.4, 0.5) is 0 Å². The first-order valence-electron chi connectivity index (χ1n) is 3.32. The summed E-state index contributed by atoms with van der Waals surface area (Å²) in [6.45, 7) is 4.61. The molecule has 0 N–H and O–H groups in total. The van der Waals surface area contributed by atoms with Crippen LogP contribution in [0, 0.1) is 0 Å². The van der Waals surface area contributed by atoms with Crippen molar-refractivity contribution >= 4 is 11.1 Å². The molecule has 0 aliphatic carbocycles. The molecule has 0 heterocycles. The second kappa shape index (κ2) is 6.23. The highest BCUT2D eigenvalue weighted by Crippen LogP contribution is 1.90. The third-order valence-corrected chi connectivity index (χ3v) is 1.96. The molecule has 1 atom stereocenters. The Bertz CT molecular complexity index is 83.1. The highest BCUT2D eigenvalue weighted by molar-refractivity contribution is 7.80. The van der Waals surface area contributed by atoms with E-state index in [1.807, 2.05) is 13.8 Å². The molecule has 0 spiro atoms. The predicted molar refractivity (Wildman–Crippen MR) is 39.5 cm³/mol. The van der Waals surface area contributed by atoms with Crippen LogP contribution >= 0.6 is 0 Å². The molecule has 9 heavy (non-hydrogen) atoms. The normalized spacial score (nSPS) is 13.6. The smallest absolute Gasteiger partial charge is 0.155 e. The topological polar surface area (TPSA) is 26.3 Å². The summed E-state index contributed by atoms with van der Waals surface area (Å²) in [5.74, 6) is 0.667. The average molecular weight is 150 g/mol. The molecule has 0 fully saturated rings. The standard InChI is InChI=1S/C6H14O2S/c1-3-5-8-9(7)6-4-2/h3-6H2,1-2H3. The van der Waals surface area contributed by atoms with E-state index in [0.717, 1.165) is 12.8 Å². The van der Waals surface area contributed by atoms with Crippen LogP contribution in [0.15, 0.2) is 0 Å². The molecule has 0 aromatic heterocycles. The van der Waals surface area contributed by atoms with Crippen molar-refractivity contribution in [1.29, 1.82) is 0 Å². The van der Waals surface area contributed by atoms with Gasteiger partial charge in [-0.2, -0.15) is 0 Å². The van der Waals surface area contributed by atoms with Gasteiger partial charge in [-0.3, -0.25) is 4.18 Å². The minimum absolute atomic E-state index is 0.618. The zero-order valence-electron chi connectivity index (χ0n) is 6.05. The van der Waals surface area contributed by atoms with E-state index in [1.54, 1.807) is 0 Å². The lowest BCUT2D eigenvalue weighted by atomic mass is 10.5. The fourth-order valence-corrected chi connectivity index (χ4v) is 1.21. The molecule has 0 aliphatic rings. The summed E-state index contributed by atoms with van der Waals surface area (Å²) in [5.41, 5.74) is 0. The Morgan fingerprint density at radius 3 is 2.44 bits per heavy atom. The average Bonchev–Trinajstić information content (AvgIpc) is 1.85. The molecule has 0 aromatic carbocycles. The highest BCUT2D eigenvalue weighted by Gasteiger charge is 1.94. The first-order valence-corrected chi connectivity index (χ1v) is 4.57. The van der Waals surface area contributed by atoms with Gasteiger partial charge in [0, 0.05) is 5.75 Å². The second-order valence-corrected chi connectivity index (χ2v) is 3.08. The zero-order chi connectivity index (χ0) is 7.11. The molecule has 1 unspecified atom stereocenters. The molecule has 0 saturated carbocycles. The third-order valence-electron chi connectivity index (χ3n) is 0.790. The van der Waals surface area contributed by atoms with Crippen molar-refractivity contribution in [1.82, 2.24) is 0 Å². The van der Waals surface area contributed by atoms with Crippen molar-refractivity contribution < 1.29 is 8.39 Å². The Morgan fingerprint density at radius 2 is 2.00 bits per heavy atom. The summed E-state index contributed by atoms with van der Waals surface area (Å²) in [4.78, 5) is 0. The van der Waals surface area contributed by atoms with Crippen molar-refractivity contribution in [3.8, 4) is 0 Å². The van der Waals surface area contributed by atoms with Gasteiger partial charge in [-0.15, -0.1) is 0 Å². The molecule has 3 heteroatoms. The van der Waals surface area contributed by atoms with Crippen LogP contribution < -0.4 is 0 Å². The summed E-state index contributed by atoms with van der Waals surface area (Å²) >= 11 is -1.02. The third kappa shape index (κ3) is 5.99. The SMILES string of the molecule is CCCOS(=O)CCC. The minimum Gasteiger partial charge on any atom is -0.291 e. The maximum Gasteiger partial charge on any atom is 0.155 e. The van der Waals surface area contributed by atoms with E-state index in [2.05, 4.69) is 0 Å². The Morgan fingerprint density at radius 1 is 1.33 bits per heavy atom. The Balaban J connectivity index is 3.06. The van der Waals surface area contributed by atoms with E-state index in [9.17, 15) is 4.21 Å². The Labute approximate surface area is 59.3 Å². The van der Waals surface area contributed by atoms with Crippen LogP contribution in [-0.2, 0) is 15.3 Å². The van der Waals surface area contributed by atoms with Crippen LogP contribution in [0.25, 0.3) is 0 Å². The lowest BCUT2D eigenvalue weighted by Crippen LogP contribution is -2.01. The maximum atomic E-state index is 10.7. The Hall–Kier alpha value is 0.110. The van der Waals surface area contributed by atoms with E-state index >= 15 is 0 Å². The largest absolute Gasteiger partial charge is 0.291 e. The highest BCUT2D eigenvalue weighted by atomic mass is 32.2. The number of hydrogen-bond acceptors (Lipinski definition) is 2. The number of rotatable bonds is 5. The summed E-state index contributed by atoms with van der Waals surface area (Å²) in [7, 11) is 0. The molecule has 56 valence electrons. The minimum atomic E-state index is -1.02. The van der Waals surface area contributed by atoms with Crippen LogP contribution in [0.5, 0.6) is 0 Å². The molecule has 0 saturated heterocycles. The van der Waals surface area contributed by atoms with E-state index < -0.39 is 11.1 Å². The molecule has 0 bridgehead atoms. The van der Waals surface area contributed by atoms with Crippen LogP contribution in [0.2, 0.25) is 0 Å². The van der Waals surface area contributed by atoms with Gasteiger partial charge in [0.1, 0.15) is 0 Å². The number of hydrogen-bond donors (Lipinski definition) is 0. The Kier molecular flexibility index (Phi) is 6.31. The first kappa shape index (κ1) is 9.11. The van der Waals surface area contributed by atoms with Crippen LogP contribution in [0.1, 0.15) is 26.7 Å². The van der Waals surface area contributed by atoms with Gasteiger partial charge < -0.3 is 0 Å². The predicted octanol–water partition coefficient (Wildman–Crippen LogP) is 1.49. The van der Waals surface area contributed by atoms with Gasteiger partial charge in [-0.1, -0.05) is 13.8 Å². The van der Waals surface area contributed by atoms with Crippen molar-refractivity contribution in [2.75, 3.05) is 12.4 Å². The van der Waals surface area contributed by atoms with Gasteiger partial charge in [0.15, 0.2) is 11.1 Å². The molecule has 0 aromatic rings. The fourth-order valence-electron chi connectivity index (χ4n) is 0.402. The maximum absolute atomic E-state index is 10.7. The van der Waals surface area contributed by atoms with Gasteiger partial charge in [0.2, 0.25) is 0 Å². The van der Waals surface area contributed by atoms with Gasteiger partial charge in [0.05, 0.1) is 6.61 Å². The van der Waals surface area contributed by atoms with Crippen molar-refractivity contribution in [2.45, 2.75) is 26.7 Å². The van der Waals surface area contributed by atoms with Gasteiger partial charge in [-0.25, -0.2) is 4.21 Å². The van der Waals surface area contributed by atoms with Gasteiger partial charge in [-0.05, 0) is 12.8 Å². The van der Waals surface area contributed by atoms with E-state index in [4.69, 9.17) is 4.18 Å². The summed E-state index contributed by atoms with van der Waals surface area (Å²) in [6, 6.07) is 0.